The van der Waals surface area contributed by atoms with Gasteiger partial charge in [-0.05, 0) is 44.9 Å². The third-order valence-electron chi connectivity index (χ3n) is 4.97. The van der Waals surface area contributed by atoms with Crippen LogP contribution in [0.3, 0.4) is 0 Å². The molecule has 0 aromatic heterocycles. The predicted molar refractivity (Wildman–Crippen MR) is 75.8 cm³/mol. The van der Waals surface area contributed by atoms with Gasteiger partial charge in [-0.1, -0.05) is 0 Å². The Bertz CT molecular complexity index is 351. The number of carbonyl (C=O) groups is 1. The maximum absolute atomic E-state index is 11.8. The Morgan fingerprint density at radius 3 is 2.80 bits per heavy atom. The van der Waals surface area contributed by atoms with E-state index in [0.717, 1.165) is 71.2 Å². The molecular formula is C15H26N2O3. The van der Waals surface area contributed by atoms with Crippen LogP contribution in [0.1, 0.15) is 44.9 Å². The summed E-state index contributed by atoms with van der Waals surface area (Å²) in [5.74, 6) is -0.653. The van der Waals surface area contributed by atoms with E-state index >= 15 is 0 Å². The van der Waals surface area contributed by atoms with E-state index in [-0.39, 0.29) is 0 Å². The number of ether oxygens (including phenoxy) is 1. The van der Waals surface area contributed by atoms with Crippen LogP contribution >= 0.6 is 0 Å². The molecular weight excluding hydrogens is 256 g/mol. The molecule has 0 spiro atoms. The van der Waals surface area contributed by atoms with Gasteiger partial charge >= 0.3 is 5.97 Å². The molecule has 114 valence electrons. The molecule has 0 aromatic rings. The molecule has 3 rings (SSSR count). The molecule has 2 unspecified atom stereocenters. The van der Waals surface area contributed by atoms with E-state index < -0.39 is 11.5 Å². The number of rotatable bonds is 4. The van der Waals surface area contributed by atoms with Gasteiger partial charge in [-0.2, -0.15) is 0 Å². The smallest absolute Gasteiger partial charge is 0.323 e. The minimum Gasteiger partial charge on any atom is -0.480 e. The van der Waals surface area contributed by atoms with Gasteiger partial charge < -0.3 is 9.84 Å². The van der Waals surface area contributed by atoms with Crippen molar-refractivity contribution in [3.8, 4) is 0 Å². The number of carboxylic acids is 1. The molecule has 1 heterocycles. The zero-order chi connectivity index (χ0) is 14.0. The number of aliphatic carboxylic acids is 1. The SMILES string of the molecule is O=C(O)C1(NC2CC2)CCCC(N2CCCOCC2)C1. The summed E-state index contributed by atoms with van der Waals surface area (Å²) in [4.78, 5) is 14.3. The van der Waals surface area contributed by atoms with Crippen molar-refractivity contribution in [2.24, 2.45) is 0 Å². The van der Waals surface area contributed by atoms with Crippen LogP contribution in [0.4, 0.5) is 0 Å². The number of hydrogen-bond donors (Lipinski definition) is 2. The van der Waals surface area contributed by atoms with E-state index in [0.29, 0.717) is 12.1 Å². The molecule has 20 heavy (non-hydrogen) atoms. The van der Waals surface area contributed by atoms with Crippen LogP contribution < -0.4 is 5.32 Å². The molecule has 0 amide bonds. The van der Waals surface area contributed by atoms with Crippen molar-refractivity contribution in [1.82, 2.24) is 10.2 Å². The molecule has 0 bridgehead atoms. The summed E-state index contributed by atoms with van der Waals surface area (Å²) < 4.78 is 5.52. The molecule has 1 saturated heterocycles. The number of nitrogens with one attached hydrogen (secondary N) is 1. The van der Waals surface area contributed by atoms with Crippen molar-refractivity contribution in [2.45, 2.75) is 62.6 Å². The molecule has 1 aliphatic heterocycles. The third kappa shape index (κ3) is 3.15. The fourth-order valence-electron chi connectivity index (χ4n) is 3.69. The molecule has 0 aromatic carbocycles. The van der Waals surface area contributed by atoms with Gasteiger partial charge in [0.15, 0.2) is 0 Å². The summed E-state index contributed by atoms with van der Waals surface area (Å²) in [5.41, 5.74) is -0.683. The van der Waals surface area contributed by atoms with Crippen molar-refractivity contribution in [3.05, 3.63) is 0 Å². The topological polar surface area (TPSA) is 61.8 Å². The number of hydrogen-bond acceptors (Lipinski definition) is 4. The molecule has 2 aliphatic carbocycles. The maximum atomic E-state index is 11.8. The lowest BCUT2D eigenvalue weighted by Crippen LogP contribution is -2.59. The highest BCUT2D eigenvalue weighted by Crippen LogP contribution is 2.35. The first-order chi connectivity index (χ1) is 9.70. The van der Waals surface area contributed by atoms with Crippen LogP contribution in [-0.2, 0) is 9.53 Å². The largest absolute Gasteiger partial charge is 0.480 e. The lowest BCUT2D eigenvalue weighted by Gasteiger charge is -2.42. The van der Waals surface area contributed by atoms with Crippen molar-refractivity contribution in [2.75, 3.05) is 26.3 Å². The monoisotopic (exact) mass is 282 g/mol. The van der Waals surface area contributed by atoms with Gasteiger partial charge in [0.05, 0.1) is 6.61 Å². The summed E-state index contributed by atoms with van der Waals surface area (Å²) in [5, 5.41) is 13.2. The van der Waals surface area contributed by atoms with E-state index in [1.807, 2.05) is 0 Å². The van der Waals surface area contributed by atoms with Gasteiger partial charge in [0.1, 0.15) is 5.54 Å². The molecule has 0 radical (unpaired) electrons. The molecule has 2 atom stereocenters. The van der Waals surface area contributed by atoms with Gasteiger partial charge in [-0.15, -0.1) is 0 Å². The summed E-state index contributed by atoms with van der Waals surface area (Å²) >= 11 is 0. The van der Waals surface area contributed by atoms with E-state index in [4.69, 9.17) is 4.74 Å². The number of nitrogens with zero attached hydrogens (tertiary/aromatic N) is 1. The fraction of sp³-hybridized carbons (Fsp3) is 0.933. The predicted octanol–water partition coefficient (Wildman–Crippen LogP) is 1.23. The van der Waals surface area contributed by atoms with Gasteiger partial charge in [-0.3, -0.25) is 15.0 Å². The van der Waals surface area contributed by atoms with E-state index in [1.165, 1.54) is 0 Å². The Morgan fingerprint density at radius 1 is 1.20 bits per heavy atom. The van der Waals surface area contributed by atoms with Crippen molar-refractivity contribution in [3.63, 3.8) is 0 Å². The lowest BCUT2D eigenvalue weighted by atomic mass is 9.78. The minimum absolute atomic E-state index is 0.396. The summed E-state index contributed by atoms with van der Waals surface area (Å²) in [7, 11) is 0. The van der Waals surface area contributed by atoms with Crippen LogP contribution in [-0.4, -0.2) is 59.9 Å². The van der Waals surface area contributed by atoms with Crippen LogP contribution in [0.15, 0.2) is 0 Å². The van der Waals surface area contributed by atoms with Crippen LogP contribution in [0.25, 0.3) is 0 Å². The second-order valence-electron chi connectivity index (χ2n) is 6.56. The third-order valence-corrected chi connectivity index (χ3v) is 4.97. The summed E-state index contributed by atoms with van der Waals surface area (Å²) in [6, 6.07) is 0.838. The Kier molecular flexibility index (Phi) is 4.29. The molecule has 3 aliphatic rings. The first-order valence-electron chi connectivity index (χ1n) is 8.02. The Hall–Kier alpha value is -0.650. The standard InChI is InChI=1S/C15H26N2O3/c18-14(19)15(16-12-4-5-12)6-1-3-13(11-15)17-7-2-9-20-10-8-17/h12-13,16H,1-11H2,(H,18,19). The first-order valence-corrected chi connectivity index (χ1v) is 8.02. The zero-order valence-electron chi connectivity index (χ0n) is 12.1. The second-order valence-corrected chi connectivity index (χ2v) is 6.56. The maximum Gasteiger partial charge on any atom is 0.323 e. The molecule has 2 saturated carbocycles. The highest BCUT2D eigenvalue weighted by molar-refractivity contribution is 5.79. The van der Waals surface area contributed by atoms with Gasteiger partial charge in [0.2, 0.25) is 0 Å². The number of carboxylic acid groups (broad SMARTS) is 1. The molecule has 3 fully saturated rings. The van der Waals surface area contributed by atoms with Crippen molar-refractivity contribution in [1.29, 1.82) is 0 Å². The van der Waals surface area contributed by atoms with Crippen LogP contribution in [0.5, 0.6) is 0 Å². The van der Waals surface area contributed by atoms with Gasteiger partial charge in [0.25, 0.3) is 0 Å². The minimum atomic E-state index is -0.683. The Labute approximate surface area is 120 Å². The zero-order valence-corrected chi connectivity index (χ0v) is 12.1. The van der Waals surface area contributed by atoms with Gasteiger partial charge in [0, 0.05) is 31.8 Å². The average Bonchev–Trinajstić information content (AvgIpc) is 3.25. The first kappa shape index (κ1) is 14.3. The van der Waals surface area contributed by atoms with E-state index in [1.54, 1.807) is 0 Å². The quantitative estimate of drug-likeness (QED) is 0.812. The lowest BCUT2D eigenvalue weighted by molar-refractivity contribution is -0.147. The van der Waals surface area contributed by atoms with Gasteiger partial charge in [-0.25, -0.2) is 0 Å². The highest BCUT2D eigenvalue weighted by Gasteiger charge is 2.46. The van der Waals surface area contributed by atoms with Crippen molar-refractivity contribution >= 4 is 5.97 Å². The van der Waals surface area contributed by atoms with E-state index in [2.05, 4.69) is 10.2 Å². The second kappa shape index (κ2) is 6.00. The van der Waals surface area contributed by atoms with Crippen molar-refractivity contribution < 1.29 is 14.6 Å². The summed E-state index contributed by atoms with van der Waals surface area (Å²) in [6.45, 7) is 3.62. The summed E-state index contributed by atoms with van der Waals surface area (Å²) in [6.07, 6.45) is 7.00. The molecule has 5 nitrogen and oxygen atoms in total. The normalized spacial score (nSPS) is 36.5. The van der Waals surface area contributed by atoms with Crippen LogP contribution in [0.2, 0.25) is 0 Å². The molecule has 2 N–H and O–H groups in total. The fourth-order valence-corrected chi connectivity index (χ4v) is 3.69. The Morgan fingerprint density at radius 2 is 2.05 bits per heavy atom. The molecule has 5 heteroatoms. The highest BCUT2D eigenvalue weighted by atomic mass is 16.5. The van der Waals surface area contributed by atoms with Crippen LogP contribution in [0, 0.1) is 0 Å². The Balaban J connectivity index is 1.67. The van der Waals surface area contributed by atoms with E-state index in [9.17, 15) is 9.90 Å². The average molecular weight is 282 g/mol.